The fourth-order valence-electron chi connectivity index (χ4n) is 1.79. The van der Waals surface area contributed by atoms with Gasteiger partial charge in [-0.15, -0.1) is 10.2 Å². The summed E-state index contributed by atoms with van der Waals surface area (Å²) in [4.78, 5) is 0. The van der Waals surface area contributed by atoms with Crippen molar-refractivity contribution in [2.24, 2.45) is 0 Å². The molecule has 0 aromatic carbocycles. The summed E-state index contributed by atoms with van der Waals surface area (Å²) in [7, 11) is 1.52. The molecular formula is C8H10ClN3O3S. The van der Waals surface area contributed by atoms with Gasteiger partial charge in [0.2, 0.25) is 0 Å². The molecule has 0 N–H and O–H groups in total. The van der Waals surface area contributed by atoms with Crippen LogP contribution < -0.4 is 0 Å². The van der Waals surface area contributed by atoms with E-state index in [-0.39, 0.29) is 17.1 Å². The molecule has 16 heavy (non-hydrogen) atoms. The molecule has 8 heteroatoms. The highest BCUT2D eigenvalue weighted by atomic mass is 35.7. The highest BCUT2D eigenvalue weighted by Gasteiger charge is 2.37. The van der Waals surface area contributed by atoms with Gasteiger partial charge in [0.15, 0.2) is 0 Å². The molecule has 6 nitrogen and oxygen atoms in total. The second-order valence-electron chi connectivity index (χ2n) is 4.11. The first kappa shape index (κ1) is 10.5. The molecule has 88 valence electrons. The molecule has 1 aliphatic carbocycles. The molecule has 2 heterocycles. The molecule has 0 unspecified atom stereocenters. The predicted octanol–water partition coefficient (Wildman–Crippen LogP) is 0.654. The Morgan fingerprint density at radius 3 is 2.44 bits per heavy atom. The maximum Gasteiger partial charge on any atom is 0.296 e. The first-order valence-electron chi connectivity index (χ1n) is 5.04. The Morgan fingerprint density at radius 1 is 1.31 bits per heavy atom. The number of rotatable bonds is 3. The average molecular weight is 264 g/mol. The zero-order valence-corrected chi connectivity index (χ0v) is 9.91. The van der Waals surface area contributed by atoms with Gasteiger partial charge in [0.05, 0.1) is 19.1 Å². The Balaban J connectivity index is 2.08. The third-order valence-electron chi connectivity index (χ3n) is 2.82. The van der Waals surface area contributed by atoms with Crippen LogP contribution in [0.25, 0.3) is 0 Å². The normalized spacial score (nSPS) is 22.1. The van der Waals surface area contributed by atoms with Gasteiger partial charge in [0, 0.05) is 16.7 Å². The van der Waals surface area contributed by atoms with Gasteiger partial charge < -0.3 is 4.74 Å². The third kappa shape index (κ3) is 1.63. The topological polar surface area (TPSA) is 74.1 Å². The van der Waals surface area contributed by atoms with Crippen LogP contribution in [0.4, 0.5) is 0 Å². The highest BCUT2D eigenvalue weighted by Crippen LogP contribution is 2.40. The lowest BCUT2D eigenvalue weighted by molar-refractivity contribution is 0.00308. The molecule has 1 saturated carbocycles. The molecule has 3 rings (SSSR count). The summed E-state index contributed by atoms with van der Waals surface area (Å²) < 4.78 is 29.4. The Kier molecular flexibility index (Phi) is 2.24. The van der Waals surface area contributed by atoms with Crippen molar-refractivity contribution < 1.29 is 13.2 Å². The highest BCUT2D eigenvalue weighted by molar-refractivity contribution is 8.13. The van der Waals surface area contributed by atoms with Crippen LogP contribution in [0.3, 0.4) is 0 Å². The van der Waals surface area contributed by atoms with Gasteiger partial charge >= 0.3 is 0 Å². The van der Waals surface area contributed by atoms with Crippen LogP contribution in [-0.4, -0.2) is 36.4 Å². The van der Waals surface area contributed by atoms with E-state index in [2.05, 4.69) is 10.2 Å². The molecule has 0 bridgehead atoms. The van der Waals surface area contributed by atoms with E-state index in [1.165, 1.54) is 0 Å². The van der Waals surface area contributed by atoms with Crippen molar-refractivity contribution in [2.75, 3.05) is 13.2 Å². The van der Waals surface area contributed by atoms with Crippen LogP contribution in [0.5, 0.6) is 0 Å². The Morgan fingerprint density at radius 2 is 2.00 bits per heavy atom. The monoisotopic (exact) mass is 263 g/mol. The van der Waals surface area contributed by atoms with E-state index in [1.807, 2.05) is 0 Å². The molecule has 0 radical (unpaired) electrons. The van der Waals surface area contributed by atoms with E-state index in [1.54, 1.807) is 4.57 Å². The average Bonchev–Trinajstić information content (AvgIpc) is 2.83. The van der Waals surface area contributed by atoms with Gasteiger partial charge in [-0.1, -0.05) is 0 Å². The van der Waals surface area contributed by atoms with Gasteiger partial charge in [-0.05, 0) is 12.8 Å². The second kappa shape index (κ2) is 3.41. The van der Waals surface area contributed by atoms with Crippen molar-refractivity contribution in [3.63, 3.8) is 0 Å². The third-order valence-corrected chi connectivity index (χ3v) is 3.95. The smallest absolute Gasteiger partial charge is 0.296 e. The van der Waals surface area contributed by atoms with Crippen molar-refractivity contribution in [3.8, 4) is 0 Å². The van der Waals surface area contributed by atoms with E-state index in [4.69, 9.17) is 15.4 Å². The van der Waals surface area contributed by atoms with E-state index < -0.39 is 9.05 Å². The van der Waals surface area contributed by atoms with Crippen LogP contribution in [0, 0.1) is 0 Å². The quantitative estimate of drug-likeness (QED) is 0.749. The van der Waals surface area contributed by atoms with Crippen molar-refractivity contribution in [1.82, 2.24) is 14.8 Å². The Labute approximate surface area is 97.0 Å². The minimum atomic E-state index is -3.81. The minimum absolute atomic E-state index is 0.126. The maximum absolute atomic E-state index is 11.3. The van der Waals surface area contributed by atoms with Gasteiger partial charge in [-0.3, -0.25) is 4.57 Å². The summed E-state index contributed by atoms with van der Waals surface area (Å²) in [5.74, 6) is 0.841. The lowest BCUT2D eigenvalue weighted by Gasteiger charge is -2.25. The lowest BCUT2D eigenvalue weighted by Crippen LogP contribution is -2.28. The molecule has 2 aliphatic rings. The van der Waals surface area contributed by atoms with E-state index in [0.717, 1.165) is 12.8 Å². The van der Waals surface area contributed by atoms with Crippen molar-refractivity contribution in [1.29, 1.82) is 0 Å². The Hall–Kier alpha value is -0.660. The number of halogens is 1. The summed E-state index contributed by atoms with van der Waals surface area (Å²) in [6.45, 7) is 1.15. The molecule has 0 amide bonds. The van der Waals surface area contributed by atoms with Gasteiger partial charge in [-0.25, -0.2) is 8.42 Å². The molecule has 1 aromatic rings. The Bertz CT molecular complexity index is 519. The fraction of sp³-hybridized carbons (Fsp3) is 0.750. The molecule has 1 aromatic heterocycles. The van der Waals surface area contributed by atoms with Crippen LogP contribution in [-0.2, 0) is 13.8 Å². The minimum Gasteiger partial charge on any atom is -0.380 e. The van der Waals surface area contributed by atoms with Gasteiger partial charge in [0.25, 0.3) is 14.2 Å². The van der Waals surface area contributed by atoms with Crippen molar-refractivity contribution in [3.05, 3.63) is 5.82 Å². The predicted molar refractivity (Wildman–Crippen MR) is 54.9 cm³/mol. The second-order valence-corrected chi connectivity index (χ2v) is 6.57. The first-order chi connectivity index (χ1) is 7.57. The van der Waals surface area contributed by atoms with Crippen LogP contribution >= 0.6 is 10.7 Å². The first-order valence-corrected chi connectivity index (χ1v) is 7.35. The summed E-state index contributed by atoms with van der Waals surface area (Å²) in [6, 6.07) is 0.189. The molecular weight excluding hydrogens is 254 g/mol. The van der Waals surface area contributed by atoms with Crippen LogP contribution in [0.2, 0.25) is 0 Å². The number of ether oxygens (including phenoxy) is 1. The maximum atomic E-state index is 11.3. The van der Waals surface area contributed by atoms with E-state index in [9.17, 15) is 8.42 Å². The van der Waals surface area contributed by atoms with Gasteiger partial charge in [0.1, 0.15) is 5.82 Å². The zero-order valence-electron chi connectivity index (χ0n) is 8.34. The summed E-state index contributed by atoms with van der Waals surface area (Å²) in [5, 5.41) is 7.50. The number of hydrogen-bond donors (Lipinski definition) is 0. The van der Waals surface area contributed by atoms with Crippen LogP contribution in [0.15, 0.2) is 5.16 Å². The molecule has 1 aliphatic heterocycles. The summed E-state index contributed by atoms with van der Waals surface area (Å²) >= 11 is 0. The standard InChI is InChI=1S/C8H10ClN3O3S/c9-16(13,14)8-11-10-7(5-3-15-4-5)12(8)6-1-2-6/h5-6H,1-4H2. The number of aromatic nitrogens is 3. The van der Waals surface area contributed by atoms with Crippen molar-refractivity contribution >= 4 is 19.7 Å². The SMILES string of the molecule is O=S(=O)(Cl)c1nnc(C2COC2)n1C1CC1. The summed E-state index contributed by atoms with van der Waals surface area (Å²) in [5.41, 5.74) is 0. The summed E-state index contributed by atoms with van der Waals surface area (Å²) in [6.07, 6.45) is 1.91. The van der Waals surface area contributed by atoms with E-state index >= 15 is 0 Å². The van der Waals surface area contributed by atoms with E-state index in [0.29, 0.717) is 19.0 Å². The van der Waals surface area contributed by atoms with Gasteiger partial charge in [-0.2, -0.15) is 0 Å². The largest absolute Gasteiger partial charge is 0.380 e. The molecule has 0 spiro atoms. The molecule has 2 fully saturated rings. The number of hydrogen-bond acceptors (Lipinski definition) is 5. The number of nitrogens with zero attached hydrogens (tertiary/aromatic N) is 3. The fourth-order valence-corrected chi connectivity index (χ4v) is 2.73. The molecule has 1 saturated heterocycles. The van der Waals surface area contributed by atoms with Crippen LogP contribution in [0.1, 0.15) is 30.6 Å². The van der Waals surface area contributed by atoms with Crippen molar-refractivity contribution in [2.45, 2.75) is 30.0 Å². The lowest BCUT2D eigenvalue weighted by atomic mass is 10.1. The zero-order chi connectivity index (χ0) is 11.3. The molecule has 0 atom stereocenters.